The lowest BCUT2D eigenvalue weighted by Crippen LogP contribution is -2.48. The summed E-state index contributed by atoms with van der Waals surface area (Å²) < 4.78 is 28.9. The van der Waals surface area contributed by atoms with Crippen LogP contribution in [0.2, 0.25) is 0 Å². The van der Waals surface area contributed by atoms with E-state index in [9.17, 15) is 18.7 Å². The number of anilines is 3. The van der Waals surface area contributed by atoms with Crippen molar-refractivity contribution in [1.82, 2.24) is 14.9 Å². The quantitative estimate of drug-likeness (QED) is 0.425. The highest BCUT2D eigenvalue weighted by Crippen LogP contribution is 2.36. The Kier molecular flexibility index (Phi) is 8.82. The topological polar surface area (TPSA) is 84.8 Å². The molecule has 0 bridgehead atoms. The van der Waals surface area contributed by atoms with Gasteiger partial charge in [0.1, 0.15) is 17.3 Å². The average molecular weight is 491 g/mol. The van der Waals surface area contributed by atoms with E-state index in [4.69, 9.17) is 0 Å². The van der Waals surface area contributed by atoms with Gasteiger partial charge in [-0.3, -0.25) is 14.7 Å². The summed E-state index contributed by atoms with van der Waals surface area (Å²) in [6, 6.07) is 2.28. The van der Waals surface area contributed by atoms with E-state index in [1.54, 1.807) is 13.1 Å². The zero-order valence-electron chi connectivity index (χ0n) is 21.2. The lowest BCUT2D eigenvalue weighted by molar-refractivity contribution is 0.171. The van der Waals surface area contributed by atoms with Crippen LogP contribution >= 0.6 is 0 Å². The predicted octanol–water partition coefficient (Wildman–Crippen LogP) is 5.13. The summed E-state index contributed by atoms with van der Waals surface area (Å²) in [6.45, 7) is 12.5. The van der Waals surface area contributed by atoms with Crippen LogP contribution in [-0.4, -0.2) is 57.7 Å². The number of fused-ring (bicyclic) bond motifs is 1. The Morgan fingerprint density at radius 2 is 1.86 bits per heavy atom. The molecule has 1 aromatic carbocycles. The van der Waals surface area contributed by atoms with Crippen LogP contribution in [0.1, 0.15) is 59.4 Å². The monoisotopic (exact) mass is 490 g/mol. The lowest BCUT2D eigenvalue weighted by Gasteiger charge is -2.35. The molecule has 0 saturated heterocycles. The second-order valence-electron chi connectivity index (χ2n) is 9.30. The van der Waals surface area contributed by atoms with Crippen molar-refractivity contribution >= 4 is 23.5 Å². The summed E-state index contributed by atoms with van der Waals surface area (Å²) in [5, 5.41) is 12.9. The minimum atomic E-state index is -1.18. The van der Waals surface area contributed by atoms with Gasteiger partial charge in [0.25, 0.3) is 0 Å². The van der Waals surface area contributed by atoms with Crippen LogP contribution < -0.4 is 15.1 Å². The van der Waals surface area contributed by atoms with Gasteiger partial charge in [0.15, 0.2) is 11.6 Å². The third kappa shape index (κ3) is 5.98. The third-order valence-corrected chi connectivity index (χ3v) is 6.22. The number of benzene rings is 1. The van der Waals surface area contributed by atoms with Gasteiger partial charge in [-0.05, 0) is 66.1 Å². The normalized spacial score (nSPS) is 13.8. The molecule has 192 valence electrons. The SMILES string of the molecule is CCN1C(=O)N(c2c(F)ccc(O)c2F)Cc2cnc(NCCCCCN(C(C)C)C(C)C)nc21. The van der Waals surface area contributed by atoms with E-state index in [0.29, 0.717) is 36.0 Å². The minimum Gasteiger partial charge on any atom is -0.505 e. The lowest BCUT2D eigenvalue weighted by atomic mass is 10.1. The fourth-order valence-corrected chi connectivity index (χ4v) is 4.45. The Hall–Kier alpha value is -3.01. The van der Waals surface area contributed by atoms with Crippen LogP contribution in [0.4, 0.5) is 31.0 Å². The highest BCUT2D eigenvalue weighted by atomic mass is 19.1. The first-order valence-corrected chi connectivity index (χ1v) is 12.3. The van der Waals surface area contributed by atoms with Crippen molar-refractivity contribution < 1.29 is 18.7 Å². The fraction of sp³-hybridized carbons (Fsp3) is 0.560. The fourth-order valence-electron chi connectivity index (χ4n) is 4.45. The molecule has 1 aliphatic heterocycles. The molecule has 0 aliphatic carbocycles. The van der Waals surface area contributed by atoms with Crippen LogP contribution in [0.15, 0.2) is 18.3 Å². The van der Waals surface area contributed by atoms with Gasteiger partial charge in [-0.2, -0.15) is 4.98 Å². The van der Waals surface area contributed by atoms with Gasteiger partial charge in [0, 0.05) is 36.9 Å². The molecule has 0 unspecified atom stereocenters. The summed E-state index contributed by atoms with van der Waals surface area (Å²) in [6.07, 6.45) is 4.71. The molecule has 0 fully saturated rings. The number of nitrogens with one attached hydrogen (secondary N) is 1. The van der Waals surface area contributed by atoms with Gasteiger partial charge < -0.3 is 10.4 Å². The van der Waals surface area contributed by atoms with Crippen LogP contribution in [-0.2, 0) is 6.54 Å². The Morgan fingerprint density at radius 3 is 2.51 bits per heavy atom. The summed E-state index contributed by atoms with van der Waals surface area (Å²) in [7, 11) is 0. The third-order valence-electron chi connectivity index (χ3n) is 6.22. The molecule has 2 N–H and O–H groups in total. The maximum absolute atomic E-state index is 14.5. The number of phenols is 1. The standard InChI is InChI=1S/C25H36F2N6O2/c1-6-31-23-18(15-33(25(31)35)22-19(26)10-11-20(34)21(22)27)14-29-24(30-23)28-12-8-7-9-13-32(16(2)3)17(4)5/h10-11,14,16-17,34H,6-9,12-13,15H2,1-5H3,(H,28,29,30). The van der Waals surface area contributed by atoms with E-state index in [2.05, 4.69) is 47.9 Å². The molecule has 0 spiro atoms. The van der Waals surface area contributed by atoms with E-state index in [1.165, 1.54) is 4.90 Å². The number of hydrogen-bond donors (Lipinski definition) is 2. The molecule has 3 rings (SSSR count). The van der Waals surface area contributed by atoms with Crippen LogP contribution in [0, 0.1) is 11.6 Å². The zero-order chi connectivity index (χ0) is 25.7. The zero-order valence-corrected chi connectivity index (χ0v) is 21.2. The van der Waals surface area contributed by atoms with Gasteiger partial charge in [0.2, 0.25) is 5.95 Å². The number of amides is 2. The largest absolute Gasteiger partial charge is 0.505 e. The molecule has 2 heterocycles. The van der Waals surface area contributed by atoms with Crippen molar-refractivity contribution in [2.24, 2.45) is 0 Å². The molecule has 35 heavy (non-hydrogen) atoms. The van der Waals surface area contributed by atoms with Gasteiger partial charge in [-0.15, -0.1) is 0 Å². The predicted molar refractivity (Wildman–Crippen MR) is 134 cm³/mol. The summed E-state index contributed by atoms with van der Waals surface area (Å²) in [5.41, 5.74) is -0.0311. The van der Waals surface area contributed by atoms with E-state index in [0.717, 1.165) is 42.8 Å². The highest BCUT2D eigenvalue weighted by Gasteiger charge is 2.35. The molecule has 2 aromatic rings. The number of carbonyl (C=O) groups is 1. The number of unbranched alkanes of at least 4 members (excludes halogenated alkanes) is 2. The molecule has 1 aliphatic rings. The summed E-state index contributed by atoms with van der Waals surface area (Å²) in [5.74, 6) is -2.01. The van der Waals surface area contributed by atoms with Crippen molar-refractivity contribution in [3.8, 4) is 5.75 Å². The van der Waals surface area contributed by atoms with Crippen molar-refractivity contribution in [2.75, 3.05) is 34.8 Å². The van der Waals surface area contributed by atoms with E-state index in [-0.39, 0.29) is 13.1 Å². The Balaban J connectivity index is 1.64. The average Bonchev–Trinajstić information content (AvgIpc) is 2.81. The molecule has 0 radical (unpaired) electrons. The Morgan fingerprint density at radius 1 is 1.14 bits per heavy atom. The minimum absolute atomic E-state index is 0.107. The number of urea groups is 1. The van der Waals surface area contributed by atoms with Crippen LogP contribution in [0.5, 0.6) is 5.75 Å². The molecular weight excluding hydrogens is 454 g/mol. The number of halogens is 2. The molecule has 2 amide bonds. The maximum Gasteiger partial charge on any atom is 0.330 e. The van der Waals surface area contributed by atoms with Gasteiger partial charge in [-0.25, -0.2) is 18.6 Å². The first-order chi connectivity index (χ1) is 16.6. The van der Waals surface area contributed by atoms with Gasteiger partial charge in [-0.1, -0.05) is 6.42 Å². The smallest absolute Gasteiger partial charge is 0.330 e. The van der Waals surface area contributed by atoms with Crippen molar-refractivity contribution in [3.63, 3.8) is 0 Å². The second kappa shape index (κ2) is 11.6. The highest BCUT2D eigenvalue weighted by molar-refractivity contribution is 6.05. The van der Waals surface area contributed by atoms with Gasteiger partial charge >= 0.3 is 6.03 Å². The van der Waals surface area contributed by atoms with E-state index < -0.39 is 29.1 Å². The number of phenolic OH excluding ortho intramolecular Hbond substituents is 1. The molecule has 8 nitrogen and oxygen atoms in total. The van der Waals surface area contributed by atoms with Crippen LogP contribution in [0.25, 0.3) is 0 Å². The second-order valence-corrected chi connectivity index (χ2v) is 9.30. The van der Waals surface area contributed by atoms with Crippen LogP contribution in [0.3, 0.4) is 0 Å². The van der Waals surface area contributed by atoms with E-state index >= 15 is 0 Å². The number of hydrogen-bond acceptors (Lipinski definition) is 6. The number of nitrogens with zero attached hydrogens (tertiary/aromatic N) is 5. The number of rotatable bonds is 11. The number of aromatic hydroxyl groups is 1. The van der Waals surface area contributed by atoms with Crippen molar-refractivity contribution in [1.29, 1.82) is 0 Å². The molecule has 0 saturated carbocycles. The summed E-state index contributed by atoms with van der Waals surface area (Å²) >= 11 is 0. The Labute approximate surface area is 206 Å². The molecule has 0 atom stereocenters. The molecule has 1 aromatic heterocycles. The van der Waals surface area contributed by atoms with Crippen molar-refractivity contribution in [3.05, 3.63) is 35.5 Å². The first-order valence-electron chi connectivity index (χ1n) is 12.3. The summed E-state index contributed by atoms with van der Waals surface area (Å²) in [4.78, 5) is 26.7. The number of carbonyl (C=O) groups excluding carboxylic acids is 1. The Bertz CT molecular complexity index is 1030. The molecular formula is C25H36F2N6O2. The van der Waals surface area contributed by atoms with E-state index in [1.807, 2.05) is 0 Å². The first kappa shape index (κ1) is 26.6. The molecule has 10 heteroatoms. The van der Waals surface area contributed by atoms with Gasteiger partial charge in [0.05, 0.1) is 6.54 Å². The maximum atomic E-state index is 14.5. The van der Waals surface area contributed by atoms with Crippen molar-refractivity contribution in [2.45, 2.75) is 72.5 Å². The number of aromatic nitrogens is 2.